The van der Waals surface area contributed by atoms with Gasteiger partial charge in [-0.1, -0.05) is 67.4 Å². The molecule has 118 valence electrons. The van der Waals surface area contributed by atoms with Crippen molar-refractivity contribution < 1.29 is 9.53 Å². The van der Waals surface area contributed by atoms with Gasteiger partial charge in [-0.2, -0.15) is 0 Å². The molecule has 0 spiro atoms. The van der Waals surface area contributed by atoms with Crippen LogP contribution >= 0.6 is 45.2 Å². The highest BCUT2D eigenvalue weighted by Crippen LogP contribution is 2.62. The Morgan fingerprint density at radius 2 is 2.24 bits per heavy atom. The molecule has 7 heteroatoms. The van der Waals surface area contributed by atoms with Crippen molar-refractivity contribution in [1.29, 1.82) is 0 Å². The van der Waals surface area contributed by atoms with Crippen molar-refractivity contribution in [3.63, 3.8) is 0 Å². The van der Waals surface area contributed by atoms with Gasteiger partial charge >= 0.3 is 6.09 Å². The van der Waals surface area contributed by atoms with Gasteiger partial charge in [0.15, 0.2) is 0 Å². The summed E-state index contributed by atoms with van der Waals surface area (Å²) >= 11 is 6.87. The Morgan fingerprint density at radius 1 is 1.52 bits per heavy atom. The smallest absolute Gasteiger partial charge is 0.421 e. The molecule has 3 heterocycles. The van der Waals surface area contributed by atoms with Gasteiger partial charge in [0.1, 0.15) is 13.4 Å². The summed E-state index contributed by atoms with van der Waals surface area (Å²) in [6.07, 6.45) is 6.99. The molecule has 21 heavy (non-hydrogen) atoms. The molecular weight excluding hydrogens is 416 g/mol. The van der Waals surface area contributed by atoms with E-state index in [4.69, 9.17) is 4.74 Å². The molecule has 0 aromatic heterocycles. The Labute approximate surface area is 151 Å². The highest BCUT2D eigenvalue weighted by Gasteiger charge is 2.58. The van der Waals surface area contributed by atoms with Gasteiger partial charge < -0.3 is 4.74 Å². The lowest BCUT2D eigenvalue weighted by Gasteiger charge is -2.57. The first kappa shape index (κ1) is 16.6. The van der Waals surface area contributed by atoms with Gasteiger partial charge in [0.05, 0.1) is 6.04 Å². The molecule has 0 aromatic rings. The number of carbonyl (C=O) groups is 1. The van der Waals surface area contributed by atoms with E-state index in [1.807, 2.05) is 0 Å². The lowest BCUT2D eigenvalue weighted by Crippen LogP contribution is -2.57. The average molecular weight is 439 g/mol. The molecule has 2 bridgehead atoms. The van der Waals surface area contributed by atoms with Gasteiger partial charge in [0.25, 0.3) is 0 Å². The molecule has 1 saturated carbocycles. The van der Waals surface area contributed by atoms with Gasteiger partial charge in [-0.3, -0.25) is 0 Å². The summed E-state index contributed by atoms with van der Waals surface area (Å²) in [6.45, 7) is 4.75. The number of hydrogen-bond acceptors (Lipinski definition) is 4. The molecule has 0 N–H and O–H groups in total. The Morgan fingerprint density at radius 3 is 2.86 bits per heavy atom. The van der Waals surface area contributed by atoms with Gasteiger partial charge in [0.2, 0.25) is 0 Å². The van der Waals surface area contributed by atoms with Crippen LogP contribution in [0, 0.1) is 5.92 Å². The first-order valence-corrected chi connectivity index (χ1v) is 10.8. The van der Waals surface area contributed by atoms with E-state index in [2.05, 4.69) is 48.1 Å². The van der Waals surface area contributed by atoms with Crippen molar-refractivity contribution >= 4 is 58.6 Å². The van der Waals surface area contributed by atoms with Crippen LogP contribution in [0.2, 0.25) is 5.31 Å². The SMILES string of the molecule is CC(C)C12BC(I)(CC3OC(=O)N(SS)C3CCCC1)C2. The van der Waals surface area contributed by atoms with E-state index < -0.39 is 0 Å². The van der Waals surface area contributed by atoms with Crippen LogP contribution in [0.15, 0.2) is 0 Å². The predicted octanol–water partition coefficient (Wildman–Crippen LogP) is 4.42. The fourth-order valence-corrected chi connectivity index (χ4v) is 7.53. The van der Waals surface area contributed by atoms with Crippen LogP contribution in [0.5, 0.6) is 0 Å². The van der Waals surface area contributed by atoms with E-state index in [-0.39, 0.29) is 18.2 Å². The molecule has 0 radical (unpaired) electrons. The molecule has 4 rings (SSSR count). The molecule has 4 fully saturated rings. The van der Waals surface area contributed by atoms with Crippen molar-refractivity contribution in [3.8, 4) is 0 Å². The molecule has 4 atom stereocenters. The van der Waals surface area contributed by atoms with Crippen molar-refractivity contribution in [3.05, 3.63) is 0 Å². The number of rotatable bonds is 2. The molecule has 4 unspecified atom stereocenters. The van der Waals surface area contributed by atoms with Crippen LogP contribution in [-0.2, 0) is 4.74 Å². The van der Waals surface area contributed by atoms with E-state index in [9.17, 15) is 4.79 Å². The molecule has 1 aliphatic carbocycles. The quantitative estimate of drug-likeness (QED) is 0.173. The fourth-order valence-electron chi connectivity index (χ4n) is 4.54. The predicted molar refractivity (Wildman–Crippen MR) is 102 cm³/mol. The first-order valence-electron chi connectivity index (χ1n) is 7.89. The number of amides is 1. The third-order valence-corrected chi connectivity index (χ3v) is 8.13. The topological polar surface area (TPSA) is 29.5 Å². The minimum Gasteiger partial charge on any atom is -0.443 e. The second kappa shape index (κ2) is 6.00. The molecule has 1 amide bonds. The Kier molecular flexibility index (Phi) is 4.75. The van der Waals surface area contributed by atoms with Crippen molar-refractivity contribution in [2.24, 2.45) is 5.92 Å². The normalized spacial score (nSPS) is 42.9. The van der Waals surface area contributed by atoms with E-state index in [0.717, 1.165) is 18.8 Å². The summed E-state index contributed by atoms with van der Waals surface area (Å²) in [5, 5.41) is 0.536. The molecular formula is C14H23BINO2S2. The summed E-state index contributed by atoms with van der Waals surface area (Å²) in [5.74, 6) is 0.756. The van der Waals surface area contributed by atoms with Crippen molar-refractivity contribution in [2.75, 3.05) is 0 Å². The summed E-state index contributed by atoms with van der Waals surface area (Å²) < 4.78 is 7.73. The zero-order chi connectivity index (χ0) is 15.3. The largest absolute Gasteiger partial charge is 0.443 e. The molecule has 3 saturated heterocycles. The number of hydrogen-bond donors (Lipinski definition) is 1. The number of thiol groups is 1. The van der Waals surface area contributed by atoms with E-state index in [0.29, 0.717) is 8.64 Å². The maximum atomic E-state index is 12.0. The number of carbonyl (C=O) groups excluding carboxylic acids is 1. The second-order valence-corrected chi connectivity index (χ2v) is 10.7. The fraction of sp³-hybridized carbons (Fsp3) is 0.929. The van der Waals surface area contributed by atoms with Crippen LogP contribution in [-0.4, -0.2) is 33.1 Å². The number of alkyl halides is 1. The zero-order valence-electron chi connectivity index (χ0n) is 12.7. The number of nitrogens with zero attached hydrogens (tertiary/aromatic N) is 1. The molecule has 0 aromatic carbocycles. The highest BCUT2D eigenvalue weighted by atomic mass is 127. The highest BCUT2D eigenvalue weighted by molar-refractivity contribution is 14.1. The van der Waals surface area contributed by atoms with Crippen LogP contribution < -0.4 is 0 Å². The number of halogens is 1. The third kappa shape index (κ3) is 2.95. The summed E-state index contributed by atoms with van der Waals surface area (Å²) in [5.41, 5.74) is 0. The maximum Gasteiger partial charge on any atom is 0.421 e. The number of ether oxygens (including phenoxy) is 1. The summed E-state index contributed by atoms with van der Waals surface area (Å²) in [7, 11) is 2.51. The Hall–Kier alpha value is 0.765. The zero-order valence-corrected chi connectivity index (χ0v) is 16.5. The number of fused-ring (bicyclic) bond motifs is 3. The van der Waals surface area contributed by atoms with Crippen molar-refractivity contribution in [1.82, 2.24) is 4.31 Å². The van der Waals surface area contributed by atoms with Crippen LogP contribution in [0.1, 0.15) is 52.4 Å². The minimum atomic E-state index is -0.196. The molecule has 3 nitrogen and oxygen atoms in total. The summed E-state index contributed by atoms with van der Waals surface area (Å²) in [4.78, 5) is 12.0. The maximum absolute atomic E-state index is 12.0. The Balaban J connectivity index is 1.78. The summed E-state index contributed by atoms with van der Waals surface area (Å²) in [6, 6.07) is 0.207. The molecule has 3 aliphatic heterocycles. The van der Waals surface area contributed by atoms with Gasteiger partial charge in [-0.15, -0.1) is 0 Å². The average Bonchev–Trinajstić information content (AvgIpc) is 2.67. The van der Waals surface area contributed by atoms with Crippen LogP contribution in [0.25, 0.3) is 0 Å². The van der Waals surface area contributed by atoms with Crippen LogP contribution in [0.3, 0.4) is 0 Å². The van der Waals surface area contributed by atoms with E-state index >= 15 is 0 Å². The van der Waals surface area contributed by atoms with E-state index in [1.165, 1.54) is 43.9 Å². The Bertz CT molecular complexity index is 431. The van der Waals surface area contributed by atoms with Gasteiger partial charge in [-0.25, -0.2) is 9.10 Å². The lowest BCUT2D eigenvalue weighted by atomic mass is 9.27. The first-order chi connectivity index (χ1) is 9.89. The van der Waals surface area contributed by atoms with Crippen molar-refractivity contribution in [2.45, 2.75) is 73.2 Å². The van der Waals surface area contributed by atoms with Gasteiger partial charge in [-0.05, 0) is 33.8 Å². The van der Waals surface area contributed by atoms with E-state index in [1.54, 1.807) is 4.31 Å². The van der Waals surface area contributed by atoms with Crippen LogP contribution in [0.4, 0.5) is 4.79 Å². The van der Waals surface area contributed by atoms with Gasteiger partial charge in [0, 0.05) is 11.0 Å². The lowest BCUT2D eigenvalue weighted by molar-refractivity contribution is 0.113. The third-order valence-electron chi connectivity index (χ3n) is 5.80. The monoisotopic (exact) mass is 439 g/mol. The minimum absolute atomic E-state index is 0.0531. The standard InChI is InChI=1S/C14H23BINO2S2/c1-9(2)13-6-4-3-5-10-11(7-14(16,8-13)15-13)19-12(18)17(10)21-20/h9-11,15,20H,3-8H2,1-2H3. The molecule has 4 aliphatic rings. The second-order valence-electron chi connectivity index (χ2n) is 7.37.